The number of nitro groups is 1. The van der Waals surface area contributed by atoms with E-state index in [1.54, 1.807) is 12.1 Å². The Labute approximate surface area is 164 Å². The SMILES string of the molecule is O=[N+]([O-])c1ccc(C[N+]2(CC#Cc3ccccc3)CCOCC2)cc1.[Br-]. The van der Waals surface area contributed by atoms with Gasteiger partial charge in [0.2, 0.25) is 0 Å². The van der Waals surface area contributed by atoms with Gasteiger partial charge in [0.15, 0.2) is 0 Å². The Bertz CT molecular complexity index is 776. The fourth-order valence-electron chi connectivity index (χ4n) is 3.04. The number of nitro benzene ring substituents is 1. The summed E-state index contributed by atoms with van der Waals surface area (Å²) in [6, 6.07) is 16.8. The first-order chi connectivity index (χ1) is 12.2. The standard InChI is InChI=1S/C20H21N2O3.BrH/c23-21(24)20-10-8-19(9-11-20)17-22(13-15-25-16-14-22)12-4-7-18-5-2-1-3-6-18;/h1-3,5-6,8-11H,12-17H2;1H/q+1;/p-1. The number of hydrogen-bond acceptors (Lipinski definition) is 3. The molecule has 0 atom stereocenters. The third kappa shape index (κ3) is 5.40. The number of ether oxygens (including phenoxy) is 1. The first-order valence-corrected chi connectivity index (χ1v) is 8.37. The molecule has 0 N–H and O–H groups in total. The molecule has 1 aliphatic rings. The molecule has 136 valence electrons. The number of halogens is 1. The van der Waals surface area contributed by atoms with E-state index < -0.39 is 0 Å². The molecule has 0 unspecified atom stereocenters. The second-order valence-electron chi connectivity index (χ2n) is 6.31. The number of morpholine rings is 1. The van der Waals surface area contributed by atoms with Crippen molar-refractivity contribution < 1.29 is 31.1 Å². The van der Waals surface area contributed by atoms with Crippen molar-refractivity contribution in [3.8, 4) is 11.8 Å². The molecule has 2 aromatic carbocycles. The van der Waals surface area contributed by atoms with Gasteiger partial charge in [0.05, 0.1) is 18.1 Å². The van der Waals surface area contributed by atoms with Crippen LogP contribution in [-0.4, -0.2) is 42.3 Å². The van der Waals surface area contributed by atoms with E-state index in [9.17, 15) is 10.1 Å². The Morgan fingerprint density at radius 1 is 1.04 bits per heavy atom. The minimum atomic E-state index is -0.367. The Morgan fingerprint density at radius 3 is 2.31 bits per heavy atom. The highest BCUT2D eigenvalue weighted by molar-refractivity contribution is 5.34. The van der Waals surface area contributed by atoms with Crippen LogP contribution >= 0.6 is 0 Å². The topological polar surface area (TPSA) is 52.4 Å². The van der Waals surface area contributed by atoms with Crippen LogP contribution in [0.15, 0.2) is 54.6 Å². The predicted octanol–water partition coefficient (Wildman–Crippen LogP) is -0.00250. The van der Waals surface area contributed by atoms with Crippen LogP contribution < -0.4 is 17.0 Å². The van der Waals surface area contributed by atoms with E-state index in [0.29, 0.717) is 0 Å². The van der Waals surface area contributed by atoms with Gasteiger partial charge in [-0.2, -0.15) is 0 Å². The molecule has 0 amide bonds. The summed E-state index contributed by atoms with van der Waals surface area (Å²) in [6.07, 6.45) is 0. The highest BCUT2D eigenvalue weighted by Gasteiger charge is 2.30. The highest BCUT2D eigenvalue weighted by atomic mass is 79.9. The van der Waals surface area contributed by atoms with E-state index >= 15 is 0 Å². The van der Waals surface area contributed by atoms with Gasteiger partial charge in [-0.3, -0.25) is 10.1 Å². The molecule has 0 radical (unpaired) electrons. The zero-order valence-corrected chi connectivity index (χ0v) is 16.0. The first-order valence-electron chi connectivity index (χ1n) is 8.37. The van der Waals surface area contributed by atoms with Gasteiger partial charge in [-0.1, -0.05) is 24.1 Å². The molecule has 1 aliphatic heterocycles. The summed E-state index contributed by atoms with van der Waals surface area (Å²) in [5.74, 6) is 6.55. The summed E-state index contributed by atoms with van der Waals surface area (Å²) in [5, 5.41) is 10.8. The Kier molecular flexibility index (Phi) is 7.34. The number of quaternary nitrogens is 1. The molecule has 1 fully saturated rings. The molecular weight excluding hydrogens is 396 g/mol. The second-order valence-corrected chi connectivity index (χ2v) is 6.31. The first kappa shape index (κ1) is 20.1. The summed E-state index contributed by atoms with van der Waals surface area (Å²) in [4.78, 5) is 10.4. The summed E-state index contributed by atoms with van der Waals surface area (Å²) < 4.78 is 6.36. The van der Waals surface area contributed by atoms with Gasteiger partial charge in [0.25, 0.3) is 5.69 Å². The van der Waals surface area contributed by atoms with E-state index in [-0.39, 0.29) is 27.6 Å². The van der Waals surface area contributed by atoms with Crippen LogP contribution in [0.5, 0.6) is 0 Å². The monoisotopic (exact) mass is 416 g/mol. The lowest BCUT2D eigenvalue weighted by Crippen LogP contribution is -3.00. The lowest BCUT2D eigenvalue weighted by atomic mass is 10.1. The number of non-ortho nitro benzene ring substituents is 1. The lowest BCUT2D eigenvalue weighted by molar-refractivity contribution is -0.941. The minimum Gasteiger partial charge on any atom is -1.00 e. The molecule has 6 heteroatoms. The van der Waals surface area contributed by atoms with Crippen molar-refractivity contribution in [3.05, 3.63) is 75.8 Å². The third-order valence-electron chi connectivity index (χ3n) is 4.51. The Balaban J connectivity index is 0.00000243. The van der Waals surface area contributed by atoms with Crippen LogP contribution in [0.2, 0.25) is 0 Å². The molecule has 5 nitrogen and oxygen atoms in total. The number of benzene rings is 2. The zero-order chi connectivity index (χ0) is 17.5. The average molecular weight is 417 g/mol. The molecular formula is C20H21BrN2O3. The quantitative estimate of drug-likeness (QED) is 0.305. The van der Waals surface area contributed by atoms with E-state index in [1.165, 1.54) is 0 Å². The van der Waals surface area contributed by atoms with Gasteiger partial charge in [-0.05, 0) is 30.2 Å². The van der Waals surface area contributed by atoms with Gasteiger partial charge in [-0.25, -0.2) is 0 Å². The van der Waals surface area contributed by atoms with Crippen LogP contribution in [0.1, 0.15) is 11.1 Å². The maximum Gasteiger partial charge on any atom is 0.269 e. The zero-order valence-electron chi connectivity index (χ0n) is 14.4. The molecule has 0 bridgehead atoms. The van der Waals surface area contributed by atoms with Crippen molar-refractivity contribution in [3.63, 3.8) is 0 Å². The molecule has 26 heavy (non-hydrogen) atoms. The maximum absolute atomic E-state index is 10.8. The molecule has 0 aliphatic carbocycles. The van der Waals surface area contributed by atoms with E-state index in [4.69, 9.17) is 4.74 Å². The fraction of sp³-hybridized carbons (Fsp3) is 0.300. The maximum atomic E-state index is 10.8. The molecule has 0 saturated carbocycles. The molecule has 1 saturated heterocycles. The van der Waals surface area contributed by atoms with Crippen molar-refractivity contribution in [1.82, 2.24) is 0 Å². The lowest BCUT2D eigenvalue weighted by Gasteiger charge is -2.40. The largest absolute Gasteiger partial charge is 1.00 e. The average Bonchev–Trinajstić information content (AvgIpc) is 2.64. The summed E-state index contributed by atoms with van der Waals surface area (Å²) in [5.41, 5.74) is 2.24. The smallest absolute Gasteiger partial charge is 0.269 e. The molecule has 0 spiro atoms. The predicted molar refractivity (Wildman–Crippen MR) is 95.8 cm³/mol. The van der Waals surface area contributed by atoms with Crippen molar-refractivity contribution in [2.45, 2.75) is 6.54 Å². The van der Waals surface area contributed by atoms with Crippen LogP contribution in [0.3, 0.4) is 0 Å². The van der Waals surface area contributed by atoms with Crippen LogP contribution in [0, 0.1) is 22.0 Å². The molecule has 1 heterocycles. The summed E-state index contributed by atoms with van der Waals surface area (Å²) >= 11 is 0. The molecule has 3 rings (SSSR count). The van der Waals surface area contributed by atoms with Crippen LogP contribution in [0.25, 0.3) is 0 Å². The van der Waals surface area contributed by atoms with Gasteiger partial charge in [-0.15, -0.1) is 0 Å². The molecule has 0 aromatic heterocycles. The minimum absolute atomic E-state index is 0. The summed E-state index contributed by atoms with van der Waals surface area (Å²) in [7, 11) is 0. The fourth-order valence-corrected chi connectivity index (χ4v) is 3.04. The normalized spacial score (nSPS) is 15.2. The van der Waals surface area contributed by atoms with E-state index in [0.717, 1.165) is 55.0 Å². The van der Waals surface area contributed by atoms with Crippen molar-refractivity contribution >= 4 is 5.69 Å². The van der Waals surface area contributed by atoms with Gasteiger partial charge in [0.1, 0.15) is 26.2 Å². The second kappa shape index (κ2) is 9.48. The molecule has 2 aromatic rings. The Morgan fingerprint density at radius 2 is 1.69 bits per heavy atom. The van der Waals surface area contributed by atoms with Gasteiger partial charge < -0.3 is 26.2 Å². The van der Waals surface area contributed by atoms with Crippen LogP contribution in [-0.2, 0) is 11.3 Å². The number of rotatable bonds is 4. The van der Waals surface area contributed by atoms with Gasteiger partial charge in [0, 0.05) is 23.3 Å². The van der Waals surface area contributed by atoms with E-state index in [1.807, 2.05) is 42.5 Å². The van der Waals surface area contributed by atoms with Gasteiger partial charge >= 0.3 is 0 Å². The van der Waals surface area contributed by atoms with Crippen molar-refractivity contribution in [2.75, 3.05) is 32.8 Å². The number of nitrogens with zero attached hydrogens (tertiary/aromatic N) is 2. The van der Waals surface area contributed by atoms with E-state index in [2.05, 4.69) is 11.8 Å². The number of hydrogen-bond donors (Lipinski definition) is 0. The van der Waals surface area contributed by atoms with Crippen molar-refractivity contribution in [2.24, 2.45) is 0 Å². The highest BCUT2D eigenvalue weighted by Crippen LogP contribution is 2.19. The van der Waals surface area contributed by atoms with Crippen LogP contribution in [0.4, 0.5) is 5.69 Å². The third-order valence-corrected chi connectivity index (χ3v) is 4.51. The van der Waals surface area contributed by atoms with Crippen molar-refractivity contribution in [1.29, 1.82) is 0 Å². The summed E-state index contributed by atoms with van der Waals surface area (Å²) in [6.45, 7) is 4.81. The Hall–Kier alpha value is -2.20.